The van der Waals surface area contributed by atoms with Gasteiger partial charge in [-0.05, 0) is 39.5 Å². The van der Waals surface area contributed by atoms with E-state index in [1.807, 2.05) is 0 Å². The Labute approximate surface area is 115 Å². The summed E-state index contributed by atoms with van der Waals surface area (Å²) in [6.45, 7) is 5.27. The van der Waals surface area contributed by atoms with Gasteiger partial charge in [0.2, 0.25) is 0 Å². The predicted octanol–water partition coefficient (Wildman–Crippen LogP) is 2.88. The molecule has 0 aromatic rings. The van der Waals surface area contributed by atoms with Crippen molar-refractivity contribution in [3.05, 3.63) is 0 Å². The number of carbonyl (C=O) groups is 1. The van der Waals surface area contributed by atoms with E-state index in [4.69, 9.17) is 9.47 Å². The van der Waals surface area contributed by atoms with E-state index in [-0.39, 0.29) is 12.5 Å². The third-order valence-corrected chi connectivity index (χ3v) is 3.00. The summed E-state index contributed by atoms with van der Waals surface area (Å²) in [5, 5.41) is 9.88. The molecule has 0 heterocycles. The molecule has 0 unspecified atom stereocenters. The van der Waals surface area contributed by atoms with Gasteiger partial charge < -0.3 is 14.6 Å². The van der Waals surface area contributed by atoms with Crippen LogP contribution in [-0.4, -0.2) is 29.6 Å². The second kappa shape index (κ2) is 7.40. The van der Waals surface area contributed by atoms with Gasteiger partial charge in [-0.15, -0.1) is 0 Å². The van der Waals surface area contributed by atoms with Gasteiger partial charge in [0.15, 0.2) is 6.61 Å². The van der Waals surface area contributed by atoms with Crippen molar-refractivity contribution in [2.75, 3.05) is 6.61 Å². The van der Waals surface area contributed by atoms with Gasteiger partial charge in [0.1, 0.15) is 11.7 Å². The first kappa shape index (κ1) is 15.8. The normalized spacial score (nSPS) is 18.1. The number of rotatable bonds is 2. The highest BCUT2D eigenvalue weighted by molar-refractivity contribution is 5.60. The Morgan fingerprint density at radius 2 is 1.95 bits per heavy atom. The van der Waals surface area contributed by atoms with Gasteiger partial charge in [-0.25, -0.2) is 4.79 Å². The molecule has 0 saturated heterocycles. The molecule has 1 N–H and O–H groups in total. The standard InChI is InChI=1S/C15H24O4/c1-15(2,3)19-14(17)18-11-7-10-13(16)12-8-5-4-6-9-12/h12-13,16H,4-6,8-9,11H2,1-3H3/t13-/m1/s1. The number of hydrogen-bond acceptors (Lipinski definition) is 4. The molecule has 0 aromatic heterocycles. The number of carbonyl (C=O) groups excluding carboxylic acids is 1. The Bertz CT molecular complexity index is 339. The molecule has 0 spiro atoms. The van der Waals surface area contributed by atoms with Crippen LogP contribution >= 0.6 is 0 Å². The summed E-state index contributed by atoms with van der Waals surface area (Å²) in [6.07, 6.45) is 4.30. The maximum Gasteiger partial charge on any atom is 0.509 e. The zero-order chi connectivity index (χ0) is 14.3. The summed E-state index contributed by atoms with van der Waals surface area (Å²) >= 11 is 0. The summed E-state index contributed by atoms with van der Waals surface area (Å²) < 4.78 is 9.78. The minimum atomic E-state index is -0.728. The lowest BCUT2D eigenvalue weighted by molar-refractivity contribution is -0.00170. The first-order chi connectivity index (χ1) is 8.88. The number of aliphatic hydroxyl groups excluding tert-OH is 1. The van der Waals surface area contributed by atoms with Crippen LogP contribution in [0.2, 0.25) is 0 Å². The van der Waals surface area contributed by atoms with Crippen LogP contribution in [0.15, 0.2) is 0 Å². The van der Waals surface area contributed by atoms with Crippen molar-refractivity contribution in [1.82, 2.24) is 0 Å². The average molecular weight is 268 g/mol. The monoisotopic (exact) mass is 268 g/mol. The fraction of sp³-hybridized carbons (Fsp3) is 0.800. The average Bonchev–Trinajstić information content (AvgIpc) is 2.33. The summed E-state index contributed by atoms with van der Waals surface area (Å²) in [5.74, 6) is 5.69. The molecule has 1 rings (SSSR count). The van der Waals surface area contributed by atoms with Crippen LogP contribution in [0.25, 0.3) is 0 Å². The Kier molecular flexibility index (Phi) is 6.17. The van der Waals surface area contributed by atoms with Crippen LogP contribution < -0.4 is 0 Å². The van der Waals surface area contributed by atoms with Crippen molar-refractivity contribution in [3.63, 3.8) is 0 Å². The van der Waals surface area contributed by atoms with Crippen LogP contribution in [0, 0.1) is 17.8 Å². The van der Waals surface area contributed by atoms with Gasteiger partial charge in [0, 0.05) is 0 Å². The Morgan fingerprint density at radius 3 is 2.53 bits per heavy atom. The van der Waals surface area contributed by atoms with Gasteiger partial charge in [-0.3, -0.25) is 0 Å². The summed E-state index contributed by atoms with van der Waals surface area (Å²) in [4.78, 5) is 11.2. The Hall–Kier alpha value is -1.21. The molecule has 0 bridgehead atoms. The molecule has 1 aliphatic carbocycles. The Balaban J connectivity index is 2.25. The fourth-order valence-electron chi connectivity index (χ4n) is 2.09. The first-order valence-corrected chi connectivity index (χ1v) is 6.91. The molecule has 19 heavy (non-hydrogen) atoms. The zero-order valence-corrected chi connectivity index (χ0v) is 12.1. The number of aliphatic hydroxyl groups is 1. The molecular weight excluding hydrogens is 244 g/mol. The minimum Gasteiger partial charge on any atom is -0.429 e. The molecule has 1 fully saturated rings. The van der Waals surface area contributed by atoms with Crippen molar-refractivity contribution in [2.45, 2.75) is 64.6 Å². The van der Waals surface area contributed by atoms with E-state index in [2.05, 4.69) is 11.8 Å². The second-order valence-electron chi connectivity index (χ2n) is 5.92. The van der Waals surface area contributed by atoms with Crippen molar-refractivity contribution >= 4 is 6.16 Å². The van der Waals surface area contributed by atoms with Gasteiger partial charge in [0.05, 0.1) is 0 Å². The van der Waals surface area contributed by atoms with Crippen LogP contribution in [0.3, 0.4) is 0 Å². The zero-order valence-electron chi connectivity index (χ0n) is 12.1. The van der Waals surface area contributed by atoms with Crippen molar-refractivity contribution < 1.29 is 19.4 Å². The largest absolute Gasteiger partial charge is 0.509 e. The van der Waals surface area contributed by atoms with E-state index in [9.17, 15) is 9.90 Å². The van der Waals surface area contributed by atoms with Gasteiger partial charge in [-0.1, -0.05) is 31.1 Å². The fourth-order valence-corrected chi connectivity index (χ4v) is 2.09. The maximum absolute atomic E-state index is 11.2. The molecule has 108 valence electrons. The third kappa shape index (κ3) is 7.07. The van der Waals surface area contributed by atoms with Crippen LogP contribution in [0.5, 0.6) is 0 Å². The molecule has 1 atom stereocenters. The molecule has 1 saturated carbocycles. The third-order valence-electron chi connectivity index (χ3n) is 3.00. The van der Waals surface area contributed by atoms with Crippen LogP contribution in [0.1, 0.15) is 52.9 Å². The van der Waals surface area contributed by atoms with Gasteiger partial charge >= 0.3 is 6.16 Å². The molecule has 4 heteroatoms. The molecule has 1 aliphatic rings. The summed E-state index contributed by atoms with van der Waals surface area (Å²) in [6, 6.07) is 0. The van der Waals surface area contributed by atoms with Gasteiger partial charge in [-0.2, -0.15) is 0 Å². The molecule has 0 amide bonds. The van der Waals surface area contributed by atoms with Crippen molar-refractivity contribution in [3.8, 4) is 11.8 Å². The quantitative estimate of drug-likeness (QED) is 0.618. The molecule has 0 aromatic carbocycles. The summed E-state index contributed by atoms with van der Waals surface area (Å²) in [5.41, 5.74) is -0.563. The van der Waals surface area contributed by atoms with E-state index < -0.39 is 17.9 Å². The highest BCUT2D eigenvalue weighted by atomic mass is 16.7. The van der Waals surface area contributed by atoms with E-state index in [0.717, 1.165) is 25.7 Å². The molecular formula is C15H24O4. The first-order valence-electron chi connectivity index (χ1n) is 6.91. The van der Waals surface area contributed by atoms with E-state index >= 15 is 0 Å². The van der Waals surface area contributed by atoms with Crippen LogP contribution in [-0.2, 0) is 9.47 Å². The van der Waals surface area contributed by atoms with E-state index in [1.165, 1.54) is 6.42 Å². The number of hydrogen-bond donors (Lipinski definition) is 1. The topological polar surface area (TPSA) is 55.8 Å². The summed E-state index contributed by atoms with van der Waals surface area (Å²) in [7, 11) is 0. The lowest BCUT2D eigenvalue weighted by Crippen LogP contribution is -2.24. The SMILES string of the molecule is CC(C)(C)OC(=O)OCC#C[C@@H](O)C1CCCCC1. The van der Waals surface area contributed by atoms with Gasteiger partial charge in [0.25, 0.3) is 0 Å². The number of ether oxygens (including phenoxy) is 2. The lowest BCUT2D eigenvalue weighted by Gasteiger charge is -2.23. The second-order valence-corrected chi connectivity index (χ2v) is 5.92. The smallest absolute Gasteiger partial charge is 0.429 e. The van der Waals surface area contributed by atoms with Crippen LogP contribution in [0.4, 0.5) is 4.79 Å². The molecule has 0 aliphatic heterocycles. The lowest BCUT2D eigenvalue weighted by atomic mass is 9.85. The predicted molar refractivity (Wildman–Crippen MR) is 72.5 cm³/mol. The molecule has 4 nitrogen and oxygen atoms in total. The van der Waals surface area contributed by atoms with Crippen molar-refractivity contribution in [2.24, 2.45) is 5.92 Å². The molecule has 0 radical (unpaired) electrons. The maximum atomic E-state index is 11.2. The van der Waals surface area contributed by atoms with Crippen molar-refractivity contribution in [1.29, 1.82) is 0 Å². The Morgan fingerprint density at radius 1 is 1.32 bits per heavy atom. The minimum absolute atomic E-state index is 0.0430. The highest BCUT2D eigenvalue weighted by Gasteiger charge is 2.20. The highest BCUT2D eigenvalue weighted by Crippen LogP contribution is 2.26. The van der Waals surface area contributed by atoms with E-state index in [1.54, 1.807) is 20.8 Å². The van der Waals surface area contributed by atoms with E-state index in [0.29, 0.717) is 0 Å².